The molecule has 1 aliphatic carbocycles. The molecular weight excluding hydrogens is 500 g/mol. The Morgan fingerprint density at radius 3 is 1.97 bits per heavy atom. The quantitative estimate of drug-likeness (QED) is 0.344. The normalized spacial score (nSPS) is 14.6. The molecule has 1 atom stereocenters. The molecule has 0 spiro atoms. The van der Waals surface area contributed by atoms with E-state index in [0.717, 1.165) is 46.8 Å². The van der Waals surface area contributed by atoms with Crippen molar-refractivity contribution in [2.24, 2.45) is 0 Å². The Morgan fingerprint density at radius 2 is 1.43 bits per heavy atom. The van der Waals surface area contributed by atoms with Crippen molar-refractivity contribution in [1.29, 1.82) is 0 Å². The average molecular weight is 534 g/mol. The second kappa shape index (κ2) is 12.2. The van der Waals surface area contributed by atoms with Crippen LogP contribution in [0, 0.1) is 0 Å². The second-order valence-corrected chi connectivity index (χ2v) is 10.3. The number of benzene rings is 3. The molecule has 0 saturated heterocycles. The molecule has 1 aliphatic rings. The van der Waals surface area contributed by atoms with Crippen LogP contribution in [0.5, 0.6) is 0 Å². The molecule has 2 amide bonds. The van der Waals surface area contributed by atoms with Crippen LogP contribution in [0.4, 0.5) is 0 Å². The van der Waals surface area contributed by atoms with Crippen molar-refractivity contribution in [3.05, 3.63) is 106 Å². The van der Waals surface area contributed by atoms with Gasteiger partial charge in [0, 0.05) is 29.4 Å². The molecule has 3 aromatic carbocycles. The minimum atomic E-state index is -0.557. The summed E-state index contributed by atoms with van der Waals surface area (Å²) < 4.78 is 0.986. The van der Waals surface area contributed by atoms with E-state index in [1.165, 1.54) is 0 Å². The van der Waals surface area contributed by atoms with E-state index in [4.69, 9.17) is 0 Å². The molecule has 4 rings (SSSR count). The number of nitrogens with one attached hydrogen (secondary N) is 1. The molecule has 0 aliphatic heterocycles. The van der Waals surface area contributed by atoms with Crippen LogP contribution in [-0.4, -0.2) is 28.8 Å². The third kappa shape index (κ3) is 6.82. The topological polar surface area (TPSA) is 49.4 Å². The van der Waals surface area contributed by atoms with Crippen molar-refractivity contribution in [3.8, 4) is 0 Å². The molecule has 1 saturated carbocycles. The first-order valence-electron chi connectivity index (χ1n) is 12.5. The van der Waals surface area contributed by atoms with Gasteiger partial charge >= 0.3 is 0 Å². The molecule has 5 heteroatoms. The van der Waals surface area contributed by atoms with Crippen molar-refractivity contribution in [1.82, 2.24) is 10.2 Å². The van der Waals surface area contributed by atoms with E-state index >= 15 is 0 Å². The molecule has 0 aromatic heterocycles. The molecule has 0 bridgehead atoms. The van der Waals surface area contributed by atoms with Gasteiger partial charge in [-0.25, -0.2) is 0 Å². The van der Waals surface area contributed by atoms with Crippen molar-refractivity contribution in [3.63, 3.8) is 0 Å². The number of nitrogens with zero attached hydrogens (tertiary/aromatic N) is 1. The Balaban J connectivity index is 1.59. The lowest BCUT2D eigenvalue weighted by molar-refractivity contribution is -0.141. The summed E-state index contributed by atoms with van der Waals surface area (Å²) in [4.78, 5) is 28.8. The third-order valence-electron chi connectivity index (χ3n) is 6.92. The summed E-state index contributed by atoms with van der Waals surface area (Å²) in [6.45, 7) is 2.24. The van der Waals surface area contributed by atoms with Crippen LogP contribution >= 0.6 is 15.9 Å². The maximum Gasteiger partial charge on any atom is 0.242 e. The van der Waals surface area contributed by atoms with Crippen molar-refractivity contribution < 1.29 is 9.59 Å². The monoisotopic (exact) mass is 532 g/mol. The zero-order chi connectivity index (χ0) is 24.6. The van der Waals surface area contributed by atoms with Gasteiger partial charge in [-0.3, -0.25) is 9.59 Å². The Hall–Kier alpha value is -2.92. The van der Waals surface area contributed by atoms with Crippen molar-refractivity contribution in [2.75, 3.05) is 0 Å². The minimum absolute atomic E-state index is 0.0281. The van der Waals surface area contributed by atoms with Crippen LogP contribution in [-0.2, 0) is 16.1 Å². The molecule has 35 heavy (non-hydrogen) atoms. The van der Waals surface area contributed by atoms with Crippen LogP contribution < -0.4 is 5.32 Å². The van der Waals surface area contributed by atoms with Gasteiger partial charge in [-0.1, -0.05) is 102 Å². The molecule has 0 radical (unpaired) electrons. The van der Waals surface area contributed by atoms with Gasteiger partial charge in [0.25, 0.3) is 0 Å². The first-order chi connectivity index (χ1) is 17.0. The molecule has 0 heterocycles. The largest absolute Gasteiger partial charge is 0.352 e. The molecular formula is C30H33BrN2O2. The van der Waals surface area contributed by atoms with E-state index in [2.05, 4.69) is 45.5 Å². The van der Waals surface area contributed by atoms with Gasteiger partial charge in [-0.05, 0) is 48.6 Å². The molecule has 1 fully saturated rings. The minimum Gasteiger partial charge on any atom is -0.352 e. The van der Waals surface area contributed by atoms with E-state index in [1.54, 1.807) is 4.90 Å². The lowest BCUT2D eigenvalue weighted by Crippen LogP contribution is -2.49. The van der Waals surface area contributed by atoms with E-state index in [9.17, 15) is 9.59 Å². The summed E-state index contributed by atoms with van der Waals surface area (Å²) >= 11 is 3.48. The van der Waals surface area contributed by atoms with Crippen molar-refractivity contribution >= 4 is 27.7 Å². The fourth-order valence-electron chi connectivity index (χ4n) is 4.85. The maximum absolute atomic E-state index is 13.9. The Morgan fingerprint density at radius 1 is 0.886 bits per heavy atom. The standard InChI is InChI=1S/C30H33BrN2O2/c1-22(30(35)32-27-14-8-9-15-27)33(21-23-16-18-26(31)19-17-23)29(34)20-28(24-10-4-2-5-11-24)25-12-6-3-7-13-25/h2-7,10-13,16-19,22,27-28H,8-9,14-15,20-21H2,1H3,(H,32,35)/t22-/m1/s1. The first-order valence-corrected chi connectivity index (χ1v) is 13.2. The highest BCUT2D eigenvalue weighted by atomic mass is 79.9. The highest BCUT2D eigenvalue weighted by molar-refractivity contribution is 9.10. The molecule has 182 valence electrons. The van der Waals surface area contributed by atoms with Gasteiger partial charge in [0.15, 0.2) is 0 Å². The Labute approximate surface area is 216 Å². The van der Waals surface area contributed by atoms with Crippen LogP contribution in [0.2, 0.25) is 0 Å². The molecule has 0 unspecified atom stereocenters. The smallest absolute Gasteiger partial charge is 0.242 e. The van der Waals surface area contributed by atoms with Gasteiger partial charge in [-0.2, -0.15) is 0 Å². The fraction of sp³-hybridized carbons (Fsp3) is 0.333. The van der Waals surface area contributed by atoms with Crippen LogP contribution in [0.25, 0.3) is 0 Å². The summed E-state index contributed by atoms with van der Waals surface area (Å²) in [7, 11) is 0. The van der Waals surface area contributed by atoms with E-state index in [0.29, 0.717) is 13.0 Å². The Kier molecular flexibility index (Phi) is 8.75. The number of hydrogen-bond donors (Lipinski definition) is 1. The van der Waals surface area contributed by atoms with E-state index in [1.807, 2.05) is 67.6 Å². The molecule has 4 nitrogen and oxygen atoms in total. The van der Waals surface area contributed by atoms with Gasteiger partial charge in [0.1, 0.15) is 6.04 Å². The van der Waals surface area contributed by atoms with Gasteiger partial charge in [0.05, 0.1) is 0 Å². The van der Waals surface area contributed by atoms with Crippen molar-refractivity contribution in [2.45, 2.75) is 63.6 Å². The van der Waals surface area contributed by atoms with Gasteiger partial charge in [0.2, 0.25) is 11.8 Å². The number of amides is 2. The Bertz CT molecular complexity index is 1060. The molecule has 3 aromatic rings. The predicted molar refractivity (Wildman–Crippen MR) is 144 cm³/mol. The van der Waals surface area contributed by atoms with E-state index < -0.39 is 6.04 Å². The third-order valence-corrected chi connectivity index (χ3v) is 7.45. The summed E-state index contributed by atoms with van der Waals surface area (Å²) in [6.07, 6.45) is 4.63. The second-order valence-electron chi connectivity index (χ2n) is 9.39. The van der Waals surface area contributed by atoms with Crippen LogP contribution in [0.1, 0.15) is 61.6 Å². The summed E-state index contributed by atoms with van der Waals surface area (Å²) in [6, 6.07) is 27.9. The van der Waals surface area contributed by atoms with E-state index in [-0.39, 0.29) is 23.8 Å². The summed E-state index contributed by atoms with van der Waals surface area (Å²) in [5.74, 6) is -0.180. The number of hydrogen-bond acceptors (Lipinski definition) is 2. The average Bonchev–Trinajstić information content (AvgIpc) is 3.40. The summed E-state index contributed by atoms with van der Waals surface area (Å²) in [5, 5.41) is 3.19. The SMILES string of the molecule is C[C@H](C(=O)NC1CCCC1)N(Cc1ccc(Br)cc1)C(=O)CC(c1ccccc1)c1ccccc1. The lowest BCUT2D eigenvalue weighted by Gasteiger charge is -2.31. The predicted octanol–water partition coefficient (Wildman–Crippen LogP) is 6.45. The van der Waals surface area contributed by atoms with Gasteiger partial charge in [-0.15, -0.1) is 0 Å². The maximum atomic E-state index is 13.9. The first kappa shape index (κ1) is 25.2. The number of carbonyl (C=O) groups excluding carboxylic acids is 2. The molecule has 1 N–H and O–H groups in total. The fourth-order valence-corrected chi connectivity index (χ4v) is 5.12. The number of rotatable bonds is 9. The lowest BCUT2D eigenvalue weighted by atomic mass is 9.88. The zero-order valence-electron chi connectivity index (χ0n) is 20.2. The number of halogens is 1. The number of carbonyl (C=O) groups is 2. The highest BCUT2D eigenvalue weighted by Crippen LogP contribution is 2.29. The van der Waals surface area contributed by atoms with Crippen LogP contribution in [0.15, 0.2) is 89.4 Å². The zero-order valence-corrected chi connectivity index (χ0v) is 21.8. The van der Waals surface area contributed by atoms with Gasteiger partial charge < -0.3 is 10.2 Å². The summed E-state index contributed by atoms with van der Waals surface area (Å²) in [5.41, 5.74) is 3.19. The van der Waals surface area contributed by atoms with Crippen LogP contribution in [0.3, 0.4) is 0 Å². The highest BCUT2D eigenvalue weighted by Gasteiger charge is 2.30.